The van der Waals surface area contributed by atoms with Crippen molar-refractivity contribution in [3.63, 3.8) is 0 Å². The first kappa shape index (κ1) is 9.03. The van der Waals surface area contributed by atoms with E-state index in [0.29, 0.717) is 0 Å². The number of hydrogen-bond acceptors (Lipinski definition) is 3. The summed E-state index contributed by atoms with van der Waals surface area (Å²) < 4.78 is 1.87. The van der Waals surface area contributed by atoms with Gasteiger partial charge >= 0.3 is 0 Å². The summed E-state index contributed by atoms with van der Waals surface area (Å²) in [5, 5.41) is 8.08. The summed E-state index contributed by atoms with van der Waals surface area (Å²) in [4.78, 5) is 4.39. The Morgan fingerprint density at radius 3 is 2.69 bits per heavy atom. The molecule has 0 saturated carbocycles. The Hall–Kier alpha value is -2.23. The predicted molar refractivity (Wildman–Crippen MR) is 61.0 cm³/mol. The number of nitrogens with zero attached hydrogens (tertiary/aromatic N) is 4. The Morgan fingerprint density at radius 2 is 1.88 bits per heavy atom. The van der Waals surface area contributed by atoms with E-state index in [1.165, 1.54) is 0 Å². The van der Waals surface area contributed by atoms with Gasteiger partial charge in [0, 0.05) is 11.6 Å². The lowest BCUT2D eigenvalue weighted by Gasteiger charge is -2.00. The topological polar surface area (TPSA) is 43.1 Å². The van der Waals surface area contributed by atoms with Crippen LogP contribution in [0.2, 0.25) is 0 Å². The van der Waals surface area contributed by atoms with E-state index in [4.69, 9.17) is 0 Å². The molecule has 0 saturated heterocycles. The summed E-state index contributed by atoms with van der Waals surface area (Å²) in [6.45, 7) is 1.91. The fourth-order valence-electron chi connectivity index (χ4n) is 1.67. The molecule has 0 unspecified atom stereocenters. The van der Waals surface area contributed by atoms with Gasteiger partial charge in [0.2, 0.25) is 0 Å². The van der Waals surface area contributed by atoms with E-state index in [-0.39, 0.29) is 0 Å². The molecule has 4 heteroatoms. The molecule has 3 rings (SSSR count). The molecule has 0 fully saturated rings. The number of hydrogen-bond donors (Lipinski definition) is 0. The Labute approximate surface area is 92.6 Å². The van der Waals surface area contributed by atoms with Gasteiger partial charge in [-0.1, -0.05) is 30.3 Å². The van der Waals surface area contributed by atoms with Gasteiger partial charge in [0.15, 0.2) is 5.65 Å². The van der Waals surface area contributed by atoms with Crippen LogP contribution in [0.5, 0.6) is 0 Å². The van der Waals surface area contributed by atoms with Crippen molar-refractivity contribution in [2.45, 2.75) is 6.92 Å². The van der Waals surface area contributed by atoms with Crippen molar-refractivity contribution in [2.24, 2.45) is 0 Å². The molecule has 2 aromatic heterocycles. The smallest absolute Gasteiger partial charge is 0.164 e. The zero-order valence-corrected chi connectivity index (χ0v) is 8.83. The van der Waals surface area contributed by atoms with E-state index in [1.54, 1.807) is 6.33 Å². The summed E-state index contributed by atoms with van der Waals surface area (Å²) in [6.07, 6.45) is 1.76. The van der Waals surface area contributed by atoms with Gasteiger partial charge in [-0.3, -0.25) is 4.40 Å². The van der Waals surface area contributed by atoms with Gasteiger partial charge in [-0.2, -0.15) is 0 Å². The molecule has 0 aliphatic carbocycles. The minimum atomic E-state index is 0.825. The van der Waals surface area contributed by atoms with Gasteiger partial charge in [-0.25, -0.2) is 4.98 Å². The maximum atomic E-state index is 4.39. The SMILES string of the molecule is Cc1nnc2cc(-c3ccccc3)ncn12. The first-order valence-corrected chi connectivity index (χ1v) is 5.07. The Balaban J connectivity index is 2.19. The average Bonchev–Trinajstić information content (AvgIpc) is 2.72. The molecule has 0 radical (unpaired) electrons. The molecule has 2 heterocycles. The number of aromatic nitrogens is 4. The second kappa shape index (κ2) is 3.41. The van der Waals surface area contributed by atoms with Gasteiger partial charge < -0.3 is 0 Å². The van der Waals surface area contributed by atoms with Gasteiger partial charge in [0.05, 0.1) is 5.69 Å². The summed E-state index contributed by atoms with van der Waals surface area (Å²) in [6, 6.07) is 12.0. The number of benzene rings is 1. The quantitative estimate of drug-likeness (QED) is 0.617. The van der Waals surface area contributed by atoms with Gasteiger partial charge in [0.25, 0.3) is 0 Å². The highest BCUT2D eigenvalue weighted by atomic mass is 15.3. The van der Waals surface area contributed by atoms with Crippen molar-refractivity contribution in [3.8, 4) is 11.3 Å². The van der Waals surface area contributed by atoms with E-state index >= 15 is 0 Å². The predicted octanol–water partition coefficient (Wildman–Crippen LogP) is 2.10. The summed E-state index contributed by atoms with van der Waals surface area (Å²) in [7, 11) is 0. The lowest BCUT2D eigenvalue weighted by Crippen LogP contribution is -1.91. The highest BCUT2D eigenvalue weighted by molar-refractivity contribution is 5.62. The summed E-state index contributed by atoms with van der Waals surface area (Å²) >= 11 is 0. The highest BCUT2D eigenvalue weighted by Gasteiger charge is 2.03. The Kier molecular flexibility index (Phi) is 1.93. The van der Waals surface area contributed by atoms with Crippen LogP contribution in [0.3, 0.4) is 0 Å². The minimum Gasteiger partial charge on any atom is -0.269 e. The van der Waals surface area contributed by atoms with Crippen LogP contribution in [0.4, 0.5) is 0 Å². The third-order valence-electron chi connectivity index (χ3n) is 2.54. The minimum absolute atomic E-state index is 0.825. The molecule has 0 aliphatic rings. The molecule has 0 amide bonds. The number of aryl methyl sites for hydroxylation is 1. The second-order valence-electron chi connectivity index (χ2n) is 3.62. The van der Waals surface area contributed by atoms with Gasteiger partial charge in [0.1, 0.15) is 12.2 Å². The lowest BCUT2D eigenvalue weighted by atomic mass is 10.1. The number of rotatable bonds is 1. The van der Waals surface area contributed by atoms with Crippen molar-refractivity contribution in [3.05, 3.63) is 48.5 Å². The third-order valence-corrected chi connectivity index (χ3v) is 2.54. The van der Waals surface area contributed by atoms with Crippen molar-refractivity contribution < 1.29 is 0 Å². The highest BCUT2D eigenvalue weighted by Crippen LogP contribution is 2.17. The molecule has 4 nitrogen and oxygen atoms in total. The van der Waals surface area contributed by atoms with Gasteiger partial charge in [-0.05, 0) is 6.92 Å². The fraction of sp³-hybridized carbons (Fsp3) is 0.0833. The van der Waals surface area contributed by atoms with E-state index < -0.39 is 0 Å². The molecule has 0 N–H and O–H groups in total. The molecule has 0 aliphatic heterocycles. The summed E-state index contributed by atoms with van der Waals surface area (Å²) in [5.74, 6) is 0.849. The molecular formula is C12H10N4. The molecular weight excluding hydrogens is 200 g/mol. The Morgan fingerprint density at radius 1 is 1.06 bits per heavy atom. The van der Waals surface area contributed by atoms with E-state index in [2.05, 4.69) is 15.2 Å². The van der Waals surface area contributed by atoms with E-state index in [9.17, 15) is 0 Å². The van der Waals surface area contributed by atoms with Crippen molar-refractivity contribution in [2.75, 3.05) is 0 Å². The molecule has 16 heavy (non-hydrogen) atoms. The van der Waals surface area contributed by atoms with Crippen molar-refractivity contribution >= 4 is 5.65 Å². The van der Waals surface area contributed by atoms with Crippen LogP contribution in [0.1, 0.15) is 5.82 Å². The molecule has 0 spiro atoms. The first-order chi connectivity index (χ1) is 7.84. The molecule has 0 atom stereocenters. The fourth-order valence-corrected chi connectivity index (χ4v) is 1.67. The summed E-state index contributed by atoms with van der Waals surface area (Å²) in [5.41, 5.74) is 2.83. The molecule has 78 valence electrons. The second-order valence-corrected chi connectivity index (χ2v) is 3.62. The van der Waals surface area contributed by atoms with Crippen LogP contribution in [0, 0.1) is 6.92 Å². The first-order valence-electron chi connectivity index (χ1n) is 5.07. The van der Waals surface area contributed by atoms with E-state index in [0.717, 1.165) is 22.7 Å². The molecule has 0 bridgehead atoms. The van der Waals surface area contributed by atoms with E-state index in [1.807, 2.05) is 47.7 Å². The third kappa shape index (κ3) is 1.35. The van der Waals surface area contributed by atoms with Crippen LogP contribution < -0.4 is 0 Å². The maximum absolute atomic E-state index is 4.39. The van der Waals surface area contributed by atoms with Crippen molar-refractivity contribution in [1.29, 1.82) is 0 Å². The van der Waals surface area contributed by atoms with Crippen LogP contribution in [-0.2, 0) is 0 Å². The normalized spacial score (nSPS) is 10.8. The molecule has 1 aromatic carbocycles. The zero-order chi connectivity index (χ0) is 11.0. The van der Waals surface area contributed by atoms with Crippen LogP contribution in [0.25, 0.3) is 16.9 Å². The average molecular weight is 210 g/mol. The maximum Gasteiger partial charge on any atom is 0.164 e. The molecule has 3 aromatic rings. The van der Waals surface area contributed by atoms with Gasteiger partial charge in [-0.15, -0.1) is 10.2 Å². The standard InChI is InChI=1S/C12H10N4/c1-9-14-15-12-7-11(13-8-16(9)12)10-5-3-2-4-6-10/h2-8H,1H3. The van der Waals surface area contributed by atoms with Crippen LogP contribution in [0.15, 0.2) is 42.7 Å². The number of fused-ring (bicyclic) bond motifs is 1. The monoisotopic (exact) mass is 210 g/mol. The largest absolute Gasteiger partial charge is 0.269 e. The Bertz CT molecular complexity index is 628. The van der Waals surface area contributed by atoms with Crippen molar-refractivity contribution in [1.82, 2.24) is 19.6 Å². The lowest BCUT2D eigenvalue weighted by molar-refractivity contribution is 0.984. The van der Waals surface area contributed by atoms with Crippen LogP contribution in [-0.4, -0.2) is 19.6 Å². The van der Waals surface area contributed by atoms with Crippen LogP contribution >= 0.6 is 0 Å². The zero-order valence-electron chi connectivity index (χ0n) is 8.83.